The number of hydrogen-bond acceptors (Lipinski definition) is 3. The highest BCUT2D eigenvalue weighted by Crippen LogP contribution is 2.37. The van der Waals surface area contributed by atoms with E-state index in [0.717, 1.165) is 40.3 Å². The summed E-state index contributed by atoms with van der Waals surface area (Å²) in [5, 5.41) is 0. The Morgan fingerprint density at radius 3 is 2.43 bits per heavy atom. The lowest BCUT2D eigenvalue weighted by Crippen LogP contribution is -2.31. The van der Waals surface area contributed by atoms with Crippen molar-refractivity contribution in [3.63, 3.8) is 0 Å². The number of alkyl halides is 3. The first-order chi connectivity index (χ1) is 13.2. The topological polar surface area (TPSA) is 24.9 Å². The Labute approximate surface area is 167 Å². The highest BCUT2D eigenvalue weighted by atomic mass is 32.2. The maximum Gasteiger partial charge on any atom is 0.417 e. The van der Waals surface area contributed by atoms with E-state index < -0.39 is 17.3 Å². The zero-order valence-electron chi connectivity index (χ0n) is 15.8. The molecule has 0 unspecified atom stereocenters. The Morgan fingerprint density at radius 2 is 1.71 bits per heavy atom. The summed E-state index contributed by atoms with van der Waals surface area (Å²) < 4.78 is 42.9. The fraction of sp³-hybridized carbons (Fsp3) is 0.227. The number of hydrogen-bond donors (Lipinski definition) is 1. The number of pyridine rings is 1. The third kappa shape index (κ3) is 4.56. The van der Waals surface area contributed by atoms with Crippen LogP contribution in [0.15, 0.2) is 71.9 Å². The van der Waals surface area contributed by atoms with Crippen LogP contribution >= 0.6 is 11.9 Å². The van der Waals surface area contributed by atoms with Gasteiger partial charge >= 0.3 is 6.18 Å². The quantitative estimate of drug-likeness (QED) is 0.486. The summed E-state index contributed by atoms with van der Waals surface area (Å²) in [5.74, 6) is 0. The van der Waals surface area contributed by atoms with E-state index in [9.17, 15) is 13.2 Å². The lowest BCUT2D eigenvalue weighted by Gasteiger charge is -2.27. The molecule has 0 radical (unpaired) electrons. The summed E-state index contributed by atoms with van der Waals surface area (Å²) in [6.07, 6.45) is -0.814. The Hall–Kier alpha value is -2.31. The van der Waals surface area contributed by atoms with Crippen LogP contribution in [0.3, 0.4) is 0 Å². The summed E-state index contributed by atoms with van der Waals surface area (Å²) in [7, 11) is 0. The lowest BCUT2D eigenvalue weighted by atomic mass is 9.92. The molecular weight excluding hydrogens is 381 g/mol. The highest BCUT2D eigenvalue weighted by molar-refractivity contribution is 7.97. The average Bonchev–Trinajstić information content (AvgIpc) is 2.66. The van der Waals surface area contributed by atoms with Gasteiger partial charge in [0.1, 0.15) is 0 Å². The second-order valence-corrected chi connectivity index (χ2v) is 7.94. The molecule has 1 heterocycles. The number of halogens is 3. The molecule has 3 rings (SSSR count). The van der Waals surface area contributed by atoms with Crippen molar-refractivity contribution in [2.24, 2.45) is 0 Å². The monoisotopic (exact) mass is 402 g/mol. The molecule has 0 bridgehead atoms. The van der Waals surface area contributed by atoms with E-state index in [-0.39, 0.29) is 4.90 Å². The number of nitrogens with one attached hydrogen (secondary N) is 1. The molecule has 2 nitrogen and oxygen atoms in total. The normalized spacial score (nSPS) is 12.2. The number of nitrogens with zero attached hydrogens (tertiary/aromatic N) is 1. The molecule has 1 N–H and O–H groups in total. The lowest BCUT2D eigenvalue weighted by molar-refractivity contribution is -0.139. The van der Waals surface area contributed by atoms with Gasteiger partial charge in [0, 0.05) is 22.8 Å². The molecule has 6 heteroatoms. The Kier molecular flexibility index (Phi) is 5.82. The molecular formula is C22H21F3N2S. The summed E-state index contributed by atoms with van der Waals surface area (Å²) in [6, 6.07) is 15.6. The van der Waals surface area contributed by atoms with Gasteiger partial charge in [-0.15, -0.1) is 0 Å². The van der Waals surface area contributed by atoms with Gasteiger partial charge in [0.15, 0.2) is 0 Å². The first kappa shape index (κ1) is 20.4. The molecule has 0 aliphatic carbocycles. The zero-order chi connectivity index (χ0) is 20.4. The van der Waals surface area contributed by atoms with Gasteiger partial charge in [0.2, 0.25) is 0 Å². The fourth-order valence-corrected chi connectivity index (χ4v) is 3.83. The molecule has 0 aliphatic rings. The molecule has 2 aromatic carbocycles. The van der Waals surface area contributed by atoms with Crippen LogP contribution in [0.4, 0.5) is 13.2 Å². The largest absolute Gasteiger partial charge is 0.417 e. The standard InChI is InChI=1S/C22H21F3N2S/c1-15-14-26-12-11-18(15)16-7-6-8-17(13-16)21(2,3)27-28-20-10-5-4-9-19(20)22(23,24)25/h4-14,27H,1-3H3. The van der Waals surface area contributed by atoms with Crippen LogP contribution in [0.1, 0.15) is 30.5 Å². The van der Waals surface area contributed by atoms with E-state index in [1.165, 1.54) is 12.1 Å². The first-order valence-electron chi connectivity index (χ1n) is 8.80. The molecule has 0 amide bonds. The minimum absolute atomic E-state index is 0.157. The van der Waals surface area contributed by atoms with Crippen molar-refractivity contribution in [2.45, 2.75) is 37.4 Å². The number of rotatable bonds is 5. The smallest absolute Gasteiger partial charge is 0.264 e. The first-order valence-corrected chi connectivity index (χ1v) is 9.62. The summed E-state index contributed by atoms with van der Waals surface area (Å²) in [5.41, 5.74) is 3.01. The van der Waals surface area contributed by atoms with E-state index in [0.29, 0.717) is 0 Å². The molecule has 28 heavy (non-hydrogen) atoms. The number of benzene rings is 2. The van der Waals surface area contributed by atoms with Crippen LogP contribution in [0.25, 0.3) is 11.1 Å². The summed E-state index contributed by atoms with van der Waals surface area (Å²) in [4.78, 5) is 4.28. The zero-order valence-corrected chi connectivity index (χ0v) is 16.7. The van der Waals surface area contributed by atoms with E-state index in [1.54, 1.807) is 12.3 Å². The van der Waals surface area contributed by atoms with E-state index in [2.05, 4.69) is 15.8 Å². The Bertz CT molecular complexity index is 968. The van der Waals surface area contributed by atoms with Crippen LogP contribution in [0.5, 0.6) is 0 Å². The minimum atomic E-state index is -4.38. The predicted molar refractivity (Wildman–Crippen MR) is 108 cm³/mol. The number of aryl methyl sites for hydroxylation is 1. The SMILES string of the molecule is Cc1cnccc1-c1cccc(C(C)(C)NSc2ccccc2C(F)(F)F)c1. The predicted octanol–water partition coefficient (Wildman–Crippen LogP) is 6.61. The third-order valence-electron chi connectivity index (χ3n) is 4.52. The van der Waals surface area contributed by atoms with Crippen LogP contribution in [-0.2, 0) is 11.7 Å². The van der Waals surface area contributed by atoms with Crippen LogP contribution in [0, 0.1) is 6.92 Å². The molecule has 1 aromatic heterocycles. The molecule has 0 fully saturated rings. The van der Waals surface area contributed by atoms with Gasteiger partial charge in [-0.3, -0.25) is 4.98 Å². The van der Waals surface area contributed by atoms with Crippen molar-refractivity contribution in [1.82, 2.24) is 9.71 Å². The van der Waals surface area contributed by atoms with Gasteiger partial charge in [-0.25, -0.2) is 4.72 Å². The fourth-order valence-electron chi connectivity index (χ4n) is 2.90. The maximum absolute atomic E-state index is 13.2. The third-order valence-corrected chi connectivity index (χ3v) is 5.71. The van der Waals surface area contributed by atoms with Crippen molar-refractivity contribution in [3.8, 4) is 11.1 Å². The molecule has 0 atom stereocenters. The highest BCUT2D eigenvalue weighted by Gasteiger charge is 2.33. The average molecular weight is 402 g/mol. The van der Waals surface area contributed by atoms with Crippen molar-refractivity contribution >= 4 is 11.9 Å². The van der Waals surface area contributed by atoms with Crippen molar-refractivity contribution in [3.05, 3.63) is 83.7 Å². The van der Waals surface area contributed by atoms with Crippen molar-refractivity contribution < 1.29 is 13.2 Å². The van der Waals surface area contributed by atoms with Crippen LogP contribution < -0.4 is 4.72 Å². The molecule has 0 aliphatic heterocycles. The Balaban J connectivity index is 1.85. The van der Waals surface area contributed by atoms with Crippen molar-refractivity contribution in [1.29, 1.82) is 0 Å². The van der Waals surface area contributed by atoms with Crippen LogP contribution in [-0.4, -0.2) is 4.98 Å². The van der Waals surface area contributed by atoms with Crippen molar-refractivity contribution in [2.75, 3.05) is 0 Å². The Morgan fingerprint density at radius 1 is 0.964 bits per heavy atom. The molecule has 146 valence electrons. The van der Waals surface area contributed by atoms with Gasteiger partial charge in [0.05, 0.1) is 5.56 Å². The van der Waals surface area contributed by atoms with Gasteiger partial charge in [0.25, 0.3) is 0 Å². The van der Waals surface area contributed by atoms with Gasteiger partial charge in [-0.2, -0.15) is 13.2 Å². The van der Waals surface area contributed by atoms with Gasteiger partial charge in [-0.05, 0) is 79.2 Å². The summed E-state index contributed by atoms with van der Waals surface area (Å²) in [6.45, 7) is 5.91. The summed E-state index contributed by atoms with van der Waals surface area (Å²) >= 11 is 1.00. The van der Waals surface area contributed by atoms with Gasteiger partial charge in [-0.1, -0.05) is 30.3 Å². The minimum Gasteiger partial charge on any atom is -0.264 e. The number of aromatic nitrogens is 1. The maximum atomic E-state index is 13.2. The molecule has 0 saturated heterocycles. The van der Waals surface area contributed by atoms with E-state index >= 15 is 0 Å². The molecule has 3 aromatic rings. The van der Waals surface area contributed by atoms with E-state index in [1.807, 2.05) is 51.2 Å². The van der Waals surface area contributed by atoms with Crippen LogP contribution in [0.2, 0.25) is 0 Å². The molecule has 0 saturated carbocycles. The second kappa shape index (κ2) is 7.97. The van der Waals surface area contributed by atoms with E-state index in [4.69, 9.17) is 0 Å². The van der Waals surface area contributed by atoms with Gasteiger partial charge < -0.3 is 0 Å². The molecule has 0 spiro atoms. The second-order valence-electron chi connectivity index (χ2n) is 7.09.